The van der Waals surface area contributed by atoms with Crippen molar-refractivity contribution in [1.29, 1.82) is 0 Å². The lowest BCUT2D eigenvalue weighted by Gasteiger charge is -2.13. The molecule has 2 aliphatic rings. The quantitative estimate of drug-likeness (QED) is 0.145. The predicted molar refractivity (Wildman–Crippen MR) is 378 cm³/mol. The molecule has 0 N–H and O–H groups in total. The van der Waals surface area contributed by atoms with Crippen LogP contribution in [-0.2, 0) is 0 Å². The number of rotatable bonds is 5. The van der Waals surface area contributed by atoms with Gasteiger partial charge in [0.15, 0.2) is 76.4 Å². The lowest BCUT2D eigenvalue weighted by Crippen LogP contribution is -1.97. The maximum absolute atomic E-state index is 5.25. The molecule has 2 aliphatic heterocycles. The van der Waals surface area contributed by atoms with Gasteiger partial charge in [-0.3, -0.25) is 19.9 Å². The molecule has 0 fully saturated rings. The largest absolute Gasteiger partial charge is 0.443 e. The molecule has 13 heterocycles. The Kier molecular flexibility index (Phi) is 16.1. The number of oxazole rings is 6. The molecule has 0 amide bonds. The number of pyridine rings is 4. The molecule has 0 unspecified atom stereocenters. The van der Waals surface area contributed by atoms with Gasteiger partial charge in [-0.05, 0) is 82.6 Å². The molecule has 8 aromatic carbocycles. The summed E-state index contributed by atoms with van der Waals surface area (Å²) in [5, 5.41) is 11.6. The molecule has 0 saturated heterocycles. The maximum atomic E-state index is 5.25. The monoisotopic (exact) mass is 1300 g/mol. The third-order valence-corrected chi connectivity index (χ3v) is 16.0. The first-order chi connectivity index (χ1) is 48.9. The Morgan fingerprint density at radius 1 is 0.303 bits per heavy atom. The van der Waals surface area contributed by atoms with Crippen molar-refractivity contribution >= 4 is 123 Å². The van der Waals surface area contributed by atoms with Crippen LogP contribution in [0, 0.1) is 13.8 Å². The van der Waals surface area contributed by atoms with Gasteiger partial charge in [-0.1, -0.05) is 146 Å². The van der Waals surface area contributed by atoms with E-state index in [1.54, 1.807) is 12.1 Å². The number of nitrogens with zero attached hydrogens (tertiary/aromatic N) is 16. The van der Waals surface area contributed by atoms with Gasteiger partial charge in [0.25, 0.3) is 5.89 Å². The smallest absolute Gasteiger partial charge is 0.303 e. The van der Waals surface area contributed by atoms with E-state index < -0.39 is 0 Å². The number of fused-ring (bicyclic) bond motifs is 15. The van der Waals surface area contributed by atoms with E-state index in [0.29, 0.717) is 56.8 Å². The van der Waals surface area contributed by atoms with Gasteiger partial charge in [0, 0.05) is 57.5 Å². The average Bonchev–Trinajstić information content (AvgIpc) is 1.59. The molecule has 0 saturated carbocycles. The van der Waals surface area contributed by atoms with Crippen LogP contribution in [-0.4, -0.2) is 84.4 Å². The standard InChI is InChI=1S/C26H20N2.C24H16N2.C9H3N3O3.C8H4N2O2.C5H3N3O2.C4H2N4/c1-17-15-23(19-9-5-3-6-10-19)21-13-14-22-24(20-11-7-4-8-12-20)16-18(2)28-26(22)25(21)27-17;1-3-7-17(8-4-1)19-13-15-25-23-21(19)11-12-22-20(14-16-26-24(22)23)18-9-5-2-6-10-18;1-10-4-7(13-1)5-9(15-2-11-5)6-8(4)14-3-12-6;1-5-8(12-3-9-5)2-6-7(1)11-4-10-6;1-2-9-4(6-1)5-8-7-3-10-5;1-5-3-4(6-1)8-2-7-3/h3-16H,1-2H3;1-16H;1-3H;1-4H;1-3H;1-2H. The molecule has 0 aliphatic carbocycles. The molecule has 11 aromatic heterocycles. The maximum Gasteiger partial charge on any atom is 0.303 e. The second-order valence-corrected chi connectivity index (χ2v) is 22.1. The molecular weight excluding hydrogens is 1250 g/mol. The SMILES string of the molecule is C1=NC2=NC=NC2=N1.Cc1cc(-c2ccccc2)c2ccc3c(-c4ccccc4)cc(C)nc3c2n1.c1ccc(-c2ccnc3c2ccc2c(-c4ccccc4)ccnc23)cc1.c1coc(-c2nnco2)n1.c1nc2c(o1)c1ncoc1c1ncoc21.c1nc2cc3ocnc3cc2o1. The fraction of sp³-hybridized carbons (Fsp3) is 0.0263. The van der Waals surface area contributed by atoms with E-state index in [4.69, 9.17) is 40.9 Å². The lowest BCUT2D eigenvalue weighted by atomic mass is 9.95. The molecule has 23 heteroatoms. The Morgan fingerprint density at radius 2 is 0.707 bits per heavy atom. The summed E-state index contributed by atoms with van der Waals surface area (Å²) in [7, 11) is 0. The fourth-order valence-electron chi connectivity index (χ4n) is 11.6. The van der Waals surface area contributed by atoms with Crippen LogP contribution in [0.2, 0.25) is 0 Å². The number of hydrogen-bond donors (Lipinski definition) is 0. The van der Waals surface area contributed by atoms with Crippen LogP contribution < -0.4 is 0 Å². The molecule has 23 nitrogen and oxygen atoms in total. The zero-order valence-electron chi connectivity index (χ0n) is 52.3. The van der Waals surface area contributed by atoms with E-state index in [2.05, 4.69) is 229 Å². The zero-order valence-corrected chi connectivity index (χ0v) is 52.3. The van der Waals surface area contributed by atoms with Gasteiger partial charge in [0.05, 0.1) is 28.3 Å². The number of aryl methyl sites for hydroxylation is 2. The fourth-order valence-corrected chi connectivity index (χ4v) is 11.6. The van der Waals surface area contributed by atoms with Crippen molar-refractivity contribution in [2.24, 2.45) is 20.0 Å². The summed E-state index contributed by atoms with van der Waals surface area (Å²) in [4.78, 5) is 58.3. The highest BCUT2D eigenvalue weighted by atomic mass is 16.4. The molecule has 0 spiro atoms. The third kappa shape index (κ3) is 12.0. The number of benzene rings is 8. The van der Waals surface area contributed by atoms with Gasteiger partial charge in [0.2, 0.25) is 18.1 Å². The first-order valence-corrected chi connectivity index (χ1v) is 30.8. The van der Waals surface area contributed by atoms with E-state index >= 15 is 0 Å². The molecule has 0 bridgehead atoms. The molecule has 99 heavy (non-hydrogen) atoms. The van der Waals surface area contributed by atoms with E-state index in [0.717, 1.165) is 77.2 Å². The Balaban J connectivity index is 0.0000000979. The molecule has 474 valence electrons. The minimum absolute atomic E-state index is 0.296. The first-order valence-electron chi connectivity index (χ1n) is 30.8. The molecule has 0 radical (unpaired) electrons. The Hall–Kier alpha value is -14.2. The van der Waals surface area contributed by atoms with E-state index in [1.165, 1.54) is 108 Å². The Labute approximate surface area is 558 Å². The van der Waals surface area contributed by atoms with Crippen LogP contribution in [0.25, 0.3) is 155 Å². The van der Waals surface area contributed by atoms with Crippen molar-refractivity contribution in [3.63, 3.8) is 0 Å². The second kappa shape index (κ2) is 26.6. The summed E-state index contributed by atoms with van der Waals surface area (Å²) in [5.74, 6) is 1.90. The molecule has 19 aromatic rings. The summed E-state index contributed by atoms with van der Waals surface area (Å²) >= 11 is 0. The molecular formula is C76H48N16O7. The molecule has 21 rings (SSSR count). The van der Waals surface area contributed by atoms with Crippen molar-refractivity contribution in [2.45, 2.75) is 13.8 Å². The first kappa shape index (κ1) is 59.8. The van der Waals surface area contributed by atoms with Crippen LogP contribution in [0.3, 0.4) is 0 Å². The number of aliphatic imine (C=N–C) groups is 4. The minimum atomic E-state index is 0.296. The summed E-state index contributed by atoms with van der Waals surface area (Å²) in [6.45, 7) is 4.11. The number of aromatic nitrogens is 12. The van der Waals surface area contributed by atoms with Crippen molar-refractivity contribution in [1.82, 2.24) is 60.0 Å². The highest BCUT2D eigenvalue weighted by molar-refractivity contribution is 6.49. The average molecular weight is 1300 g/mol. The highest BCUT2D eigenvalue weighted by Gasteiger charge is 2.20. The van der Waals surface area contributed by atoms with Crippen LogP contribution in [0.15, 0.2) is 296 Å². The van der Waals surface area contributed by atoms with Crippen molar-refractivity contribution in [3.05, 3.63) is 257 Å². The second-order valence-electron chi connectivity index (χ2n) is 22.1. The third-order valence-electron chi connectivity index (χ3n) is 16.0. The normalized spacial score (nSPS) is 12.0. The summed E-state index contributed by atoms with van der Waals surface area (Å²) in [6.07, 6.45) is 17.7. The van der Waals surface area contributed by atoms with Crippen molar-refractivity contribution in [3.8, 4) is 56.3 Å². The summed E-state index contributed by atoms with van der Waals surface area (Å²) < 4.78 is 35.6. The van der Waals surface area contributed by atoms with Crippen LogP contribution in [0.5, 0.6) is 0 Å². The van der Waals surface area contributed by atoms with Crippen LogP contribution >= 0.6 is 0 Å². The summed E-state index contributed by atoms with van der Waals surface area (Å²) in [5.41, 5.74) is 22.0. The summed E-state index contributed by atoms with van der Waals surface area (Å²) in [6, 6.07) is 62.7. The number of amidine groups is 2. The van der Waals surface area contributed by atoms with Gasteiger partial charge < -0.3 is 30.9 Å². The van der Waals surface area contributed by atoms with Gasteiger partial charge >= 0.3 is 5.89 Å². The molecule has 0 atom stereocenters. The van der Waals surface area contributed by atoms with Crippen LogP contribution in [0.4, 0.5) is 0 Å². The van der Waals surface area contributed by atoms with Gasteiger partial charge in [-0.15, -0.1) is 10.2 Å². The van der Waals surface area contributed by atoms with Crippen molar-refractivity contribution < 1.29 is 30.9 Å². The highest BCUT2D eigenvalue weighted by Crippen LogP contribution is 2.39. The Bertz CT molecular complexity index is 5660. The van der Waals surface area contributed by atoms with Crippen LogP contribution in [0.1, 0.15) is 11.4 Å². The van der Waals surface area contributed by atoms with E-state index in [9.17, 15) is 0 Å². The number of hydrogen-bond acceptors (Lipinski definition) is 23. The zero-order chi connectivity index (χ0) is 66.4. The van der Waals surface area contributed by atoms with Gasteiger partial charge in [0.1, 0.15) is 30.0 Å². The topological polar surface area (TPSA) is 296 Å². The lowest BCUT2D eigenvalue weighted by molar-refractivity contribution is 0.509. The van der Waals surface area contributed by atoms with Gasteiger partial charge in [-0.25, -0.2) is 49.9 Å². The van der Waals surface area contributed by atoms with E-state index in [-0.39, 0.29) is 0 Å². The minimum Gasteiger partial charge on any atom is -0.443 e. The predicted octanol–water partition coefficient (Wildman–Crippen LogP) is 17.5. The van der Waals surface area contributed by atoms with Crippen molar-refractivity contribution in [2.75, 3.05) is 0 Å². The van der Waals surface area contributed by atoms with E-state index in [1.807, 2.05) is 36.7 Å². The Morgan fingerprint density at radius 3 is 1.10 bits per heavy atom. The van der Waals surface area contributed by atoms with Gasteiger partial charge in [-0.2, -0.15) is 0 Å².